The molecule has 1 unspecified atom stereocenters. The molecule has 0 amide bonds. The highest BCUT2D eigenvalue weighted by molar-refractivity contribution is 5.33. The van der Waals surface area contributed by atoms with Crippen LogP contribution in [0.3, 0.4) is 0 Å². The van der Waals surface area contributed by atoms with Crippen LogP contribution in [0.4, 0.5) is 0 Å². The van der Waals surface area contributed by atoms with Crippen LogP contribution < -0.4 is 5.32 Å². The Labute approximate surface area is 96.4 Å². The normalized spacial score (nSPS) is 19.4. The van der Waals surface area contributed by atoms with E-state index in [9.17, 15) is 5.11 Å². The molecule has 1 fully saturated rings. The Morgan fingerprint density at radius 2 is 2.25 bits per heavy atom. The lowest BCUT2D eigenvalue weighted by atomic mass is 10.0. The largest absolute Gasteiger partial charge is 0.387 e. The van der Waals surface area contributed by atoms with Crippen LogP contribution in [0.15, 0.2) is 24.3 Å². The van der Waals surface area contributed by atoms with Crippen molar-refractivity contribution in [3.05, 3.63) is 35.4 Å². The van der Waals surface area contributed by atoms with Gasteiger partial charge in [-0.25, -0.2) is 0 Å². The van der Waals surface area contributed by atoms with Gasteiger partial charge in [-0.3, -0.25) is 0 Å². The van der Waals surface area contributed by atoms with Gasteiger partial charge >= 0.3 is 0 Å². The predicted molar refractivity (Wildman–Crippen MR) is 63.2 cm³/mol. The average Bonchev–Trinajstić information content (AvgIpc) is 3.10. The minimum absolute atomic E-state index is 0.0740. The van der Waals surface area contributed by atoms with E-state index in [1.54, 1.807) is 7.11 Å². The summed E-state index contributed by atoms with van der Waals surface area (Å²) >= 11 is 0. The molecule has 3 nitrogen and oxygen atoms in total. The second kappa shape index (κ2) is 4.53. The summed E-state index contributed by atoms with van der Waals surface area (Å²) in [5.74, 6) is 0. The summed E-state index contributed by atoms with van der Waals surface area (Å²) in [6.45, 7) is 0.573. The van der Waals surface area contributed by atoms with Gasteiger partial charge in [0.25, 0.3) is 0 Å². The summed E-state index contributed by atoms with van der Waals surface area (Å²) in [7, 11) is 3.59. The molecule has 88 valence electrons. The van der Waals surface area contributed by atoms with Crippen molar-refractivity contribution >= 4 is 0 Å². The lowest BCUT2D eigenvalue weighted by molar-refractivity contribution is 0.0786. The highest BCUT2D eigenvalue weighted by Gasteiger charge is 2.44. The number of aliphatic hydroxyl groups is 1. The maximum absolute atomic E-state index is 9.90. The Morgan fingerprint density at radius 3 is 2.81 bits per heavy atom. The fourth-order valence-electron chi connectivity index (χ4n) is 2.06. The third-order valence-electron chi connectivity index (χ3n) is 3.29. The maximum atomic E-state index is 9.90. The summed E-state index contributed by atoms with van der Waals surface area (Å²) in [5.41, 5.74) is 2.06. The molecule has 0 radical (unpaired) electrons. The molecule has 0 aliphatic heterocycles. The molecule has 2 N–H and O–H groups in total. The van der Waals surface area contributed by atoms with Crippen molar-refractivity contribution in [2.75, 3.05) is 20.7 Å². The number of nitrogens with one attached hydrogen (secondary N) is 1. The van der Waals surface area contributed by atoms with E-state index in [-0.39, 0.29) is 5.60 Å². The van der Waals surface area contributed by atoms with Gasteiger partial charge < -0.3 is 15.2 Å². The Balaban J connectivity index is 2.20. The number of benzene rings is 1. The van der Waals surface area contributed by atoms with Gasteiger partial charge in [-0.05, 0) is 31.0 Å². The molecule has 0 bridgehead atoms. The first-order valence-corrected chi connectivity index (χ1v) is 5.70. The van der Waals surface area contributed by atoms with E-state index in [1.807, 2.05) is 19.2 Å². The zero-order valence-electron chi connectivity index (χ0n) is 9.86. The smallest absolute Gasteiger partial charge is 0.0930 e. The van der Waals surface area contributed by atoms with Crippen molar-refractivity contribution in [2.24, 2.45) is 0 Å². The monoisotopic (exact) mass is 221 g/mol. The highest BCUT2D eigenvalue weighted by Crippen LogP contribution is 2.48. The minimum Gasteiger partial charge on any atom is -0.387 e. The quantitative estimate of drug-likeness (QED) is 0.793. The summed E-state index contributed by atoms with van der Waals surface area (Å²) in [6.07, 6.45) is 1.71. The van der Waals surface area contributed by atoms with Crippen LogP contribution in [0, 0.1) is 0 Å². The lowest BCUT2D eigenvalue weighted by Gasteiger charge is -2.17. The topological polar surface area (TPSA) is 41.5 Å². The van der Waals surface area contributed by atoms with Gasteiger partial charge in [0.15, 0.2) is 0 Å². The summed E-state index contributed by atoms with van der Waals surface area (Å²) < 4.78 is 5.53. The third-order valence-corrected chi connectivity index (χ3v) is 3.29. The molecule has 2 rings (SSSR count). The van der Waals surface area contributed by atoms with Crippen molar-refractivity contribution < 1.29 is 9.84 Å². The van der Waals surface area contributed by atoms with Crippen molar-refractivity contribution in [1.29, 1.82) is 0 Å². The Kier molecular flexibility index (Phi) is 3.28. The van der Waals surface area contributed by atoms with E-state index in [1.165, 1.54) is 5.56 Å². The summed E-state index contributed by atoms with van der Waals surface area (Å²) in [5, 5.41) is 12.9. The molecule has 3 heteroatoms. The predicted octanol–water partition coefficient (Wildman–Crippen LogP) is 1.57. The van der Waals surface area contributed by atoms with Crippen LogP contribution >= 0.6 is 0 Å². The molecule has 0 saturated heterocycles. The molecule has 0 spiro atoms. The van der Waals surface area contributed by atoms with Gasteiger partial charge in [0.05, 0.1) is 11.7 Å². The van der Waals surface area contributed by atoms with Crippen LogP contribution in [0.5, 0.6) is 0 Å². The van der Waals surface area contributed by atoms with Gasteiger partial charge in [-0.15, -0.1) is 0 Å². The first kappa shape index (κ1) is 11.6. The van der Waals surface area contributed by atoms with E-state index in [4.69, 9.17) is 4.74 Å². The van der Waals surface area contributed by atoms with Gasteiger partial charge in [0, 0.05) is 13.7 Å². The number of rotatable bonds is 5. The number of likely N-dealkylation sites (N-methyl/N-ethyl adjacent to an activating group) is 1. The van der Waals surface area contributed by atoms with Gasteiger partial charge in [0.1, 0.15) is 0 Å². The molecular formula is C13H19NO2. The molecule has 0 aromatic heterocycles. The lowest BCUT2D eigenvalue weighted by Crippen LogP contribution is -2.17. The number of hydrogen-bond acceptors (Lipinski definition) is 3. The van der Waals surface area contributed by atoms with Gasteiger partial charge in [-0.1, -0.05) is 24.3 Å². The van der Waals surface area contributed by atoms with Gasteiger partial charge in [0.2, 0.25) is 0 Å². The number of methoxy groups -OCH3 is 1. The van der Waals surface area contributed by atoms with E-state index < -0.39 is 6.10 Å². The molecule has 1 aromatic carbocycles. The summed E-state index contributed by atoms with van der Waals surface area (Å²) in [6, 6.07) is 8.07. The zero-order chi connectivity index (χ0) is 11.6. The zero-order valence-corrected chi connectivity index (χ0v) is 9.86. The molecule has 1 aromatic rings. The Morgan fingerprint density at radius 1 is 1.50 bits per heavy atom. The van der Waals surface area contributed by atoms with E-state index >= 15 is 0 Å². The van der Waals surface area contributed by atoms with Crippen LogP contribution in [-0.4, -0.2) is 25.8 Å². The molecule has 0 heterocycles. The first-order chi connectivity index (χ1) is 7.72. The van der Waals surface area contributed by atoms with Crippen molar-refractivity contribution in [2.45, 2.75) is 24.5 Å². The van der Waals surface area contributed by atoms with Gasteiger partial charge in [-0.2, -0.15) is 0 Å². The van der Waals surface area contributed by atoms with Crippen molar-refractivity contribution in [3.8, 4) is 0 Å². The molecule has 1 atom stereocenters. The molecule has 1 aliphatic carbocycles. The standard InChI is InChI=1S/C13H19NO2/c1-14-9-12(15)10-4-3-5-11(8-10)13(16-2)6-7-13/h3-5,8,12,14-15H,6-7,9H2,1-2H3. The van der Waals surface area contributed by atoms with E-state index in [0.29, 0.717) is 6.54 Å². The van der Waals surface area contributed by atoms with E-state index in [0.717, 1.165) is 18.4 Å². The number of hydrogen-bond donors (Lipinski definition) is 2. The van der Waals surface area contributed by atoms with Crippen LogP contribution in [0.1, 0.15) is 30.1 Å². The maximum Gasteiger partial charge on any atom is 0.0930 e. The van der Waals surface area contributed by atoms with E-state index in [2.05, 4.69) is 17.4 Å². The number of ether oxygens (including phenoxy) is 1. The van der Waals surface area contributed by atoms with Crippen LogP contribution in [-0.2, 0) is 10.3 Å². The van der Waals surface area contributed by atoms with Crippen molar-refractivity contribution in [3.63, 3.8) is 0 Å². The fourth-order valence-corrected chi connectivity index (χ4v) is 2.06. The van der Waals surface area contributed by atoms with Crippen LogP contribution in [0.25, 0.3) is 0 Å². The Hall–Kier alpha value is -0.900. The van der Waals surface area contributed by atoms with Crippen molar-refractivity contribution in [1.82, 2.24) is 5.32 Å². The fraction of sp³-hybridized carbons (Fsp3) is 0.538. The Bertz CT molecular complexity index is 361. The van der Waals surface area contributed by atoms with Crippen LogP contribution in [0.2, 0.25) is 0 Å². The number of aliphatic hydroxyl groups excluding tert-OH is 1. The molecular weight excluding hydrogens is 202 g/mol. The minimum atomic E-state index is -0.447. The second-order valence-electron chi connectivity index (χ2n) is 4.40. The summed E-state index contributed by atoms with van der Waals surface area (Å²) in [4.78, 5) is 0. The molecule has 1 saturated carbocycles. The third kappa shape index (κ3) is 2.12. The SMILES string of the molecule is CNCC(O)c1cccc(C2(OC)CC2)c1. The first-order valence-electron chi connectivity index (χ1n) is 5.70. The molecule has 16 heavy (non-hydrogen) atoms. The molecule has 1 aliphatic rings. The second-order valence-corrected chi connectivity index (χ2v) is 4.40. The highest BCUT2D eigenvalue weighted by atomic mass is 16.5. The average molecular weight is 221 g/mol.